The lowest BCUT2D eigenvalue weighted by Gasteiger charge is -2.33. The second-order valence-electron chi connectivity index (χ2n) is 6.36. The van der Waals surface area contributed by atoms with Crippen molar-refractivity contribution >= 4 is 11.9 Å². The number of hydrogen-bond donors (Lipinski definition) is 1. The summed E-state index contributed by atoms with van der Waals surface area (Å²) in [6.45, 7) is 0.473. The summed E-state index contributed by atoms with van der Waals surface area (Å²) in [5, 5.41) is 12.6. The van der Waals surface area contributed by atoms with Gasteiger partial charge in [-0.25, -0.2) is 4.68 Å². The maximum atomic E-state index is 12.8. The number of carbonyl (C=O) groups excluding carboxylic acids is 1. The number of carbonyl (C=O) groups is 2. The van der Waals surface area contributed by atoms with Crippen LogP contribution in [0.2, 0.25) is 0 Å². The molecule has 2 aromatic rings. The summed E-state index contributed by atoms with van der Waals surface area (Å²) in [6.07, 6.45) is -2.27. The van der Waals surface area contributed by atoms with Gasteiger partial charge in [-0.05, 0) is 43.2 Å². The van der Waals surface area contributed by atoms with Gasteiger partial charge in [-0.15, -0.1) is 0 Å². The lowest BCUT2D eigenvalue weighted by molar-refractivity contribution is -0.141. The molecule has 10 heteroatoms. The molecule has 0 spiro atoms. The van der Waals surface area contributed by atoms with Gasteiger partial charge in [-0.3, -0.25) is 9.59 Å². The lowest BCUT2D eigenvalue weighted by Crippen LogP contribution is -2.46. The second kappa shape index (κ2) is 8.01. The van der Waals surface area contributed by atoms with E-state index >= 15 is 0 Å². The van der Waals surface area contributed by atoms with Crippen molar-refractivity contribution in [1.29, 1.82) is 0 Å². The average molecular weight is 397 g/mol. The van der Waals surface area contributed by atoms with Crippen molar-refractivity contribution in [3.8, 4) is 5.69 Å². The van der Waals surface area contributed by atoms with Crippen molar-refractivity contribution in [2.75, 3.05) is 19.8 Å². The molecule has 150 valence electrons. The Hall–Kier alpha value is -2.88. The fraction of sp³-hybridized carbons (Fsp3) is 0.389. The van der Waals surface area contributed by atoms with Crippen LogP contribution in [0, 0.1) is 0 Å². The van der Waals surface area contributed by atoms with Gasteiger partial charge in [0.2, 0.25) is 0 Å². The number of hydrogen-bond acceptors (Lipinski definition) is 4. The number of nitrogens with zero attached hydrogens (tertiary/aromatic N) is 3. The van der Waals surface area contributed by atoms with Crippen LogP contribution in [0.25, 0.3) is 5.69 Å². The van der Waals surface area contributed by atoms with Gasteiger partial charge in [0.15, 0.2) is 5.69 Å². The molecule has 0 saturated carbocycles. The van der Waals surface area contributed by atoms with E-state index in [0.717, 1.165) is 10.7 Å². The molecule has 0 atom stereocenters. The third-order valence-corrected chi connectivity index (χ3v) is 4.46. The van der Waals surface area contributed by atoms with E-state index in [4.69, 9.17) is 9.84 Å². The quantitative estimate of drug-likeness (QED) is 0.839. The van der Waals surface area contributed by atoms with Crippen LogP contribution >= 0.6 is 0 Å². The number of aliphatic carboxylic acids is 1. The summed E-state index contributed by atoms with van der Waals surface area (Å²) in [4.78, 5) is 25.3. The summed E-state index contributed by atoms with van der Waals surface area (Å²) in [6, 6.07) is 6.44. The van der Waals surface area contributed by atoms with E-state index in [2.05, 4.69) is 5.10 Å². The number of aromatic nitrogens is 2. The van der Waals surface area contributed by atoms with Crippen molar-refractivity contribution in [3.05, 3.63) is 47.8 Å². The molecule has 2 heterocycles. The standard InChI is InChI=1S/C18H18F3N3O4/c19-18(20,21)15-5-8-24(22-15)14-3-1-12(2-4-14)17(27)23(11-16(25)26)13-6-9-28-10-7-13/h1-5,8,13H,6-7,9-11H2,(H,25,26). The zero-order chi connectivity index (χ0) is 20.3. The Labute approximate surface area is 158 Å². The molecule has 7 nitrogen and oxygen atoms in total. The Balaban J connectivity index is 1.79. The molecule has 3 rings (SSSR count). The number of carboxylic acid groups (broad SMARTS) is 1. The van der Waals surface area contributed by atoms with Gasteiger partial charge in [-0.2, -0.15) is 18.3 Å². The summed E-state index contributed by atoms with van der Waals surface area (Å²) in [5.74, 6) is -1.56. The Morgan fingerprint density at radius 2 is 1.82 bits per heavy atom. The predicted octanol–water partition coefficient (Wildman–Crippen LogP) is 2.60. The third-order valence-electron chi connectivity index (χ3n) is 4.46. The highest BCUT2D eigenvalue weighted by atomic mass is 19.4. The number of ether oxygens (including phenoxy) is 1. The van der Waals surface area contributed by atoms with Gasteiger partial charge >= 0.3 is 12.1 Å². The van der Waals surface area contributed by atoms with Crippen LogP contribution in [0.5, 0.6) is 0 Å². The minimum Gasteiger partial charge on any atom is -0.480 e. The van der Waals surface area contributed by atoms with Gasteiger partial charge in [0.05, 0.1) is 5.69 Å². The smallest absolute Gasteiger partial charge is 0.435 e. The van der Waals surface area contributed by atoms with Crippen LogP contribution < -0.4 is 0 Å². The molecule has 0 radical (unpaired) electrons. The Morgan fingerprint density at radius 3 is 2.36 bits per heavy atom. The number of carboxylic acids is 1. The summed E-state index contributed by atoms with van der Waals surface area (Å²) >= 11 is 0. The molecule has 1 fully saturated rings. The monoisotopic (exact) mass is 397 g/mol. The first-order chi connectivity index (χ1) is 13.3. The van der Waals surface area contributed by atoms with E-state index in [1.807, 2.05) is 0 Å². The maximum absolute atomic E-state index is 12.8. The maximum Gasteiger partial charge on any atom is 0.435 e. The summed E-state index contributed by atoms with van der Waals surface area (Å²) < 4.78 is 44.3. The van der Waals surface area contributed by atoms with Gasteiger partial charge < -0.3 is 14.7 Å². The zero-order valence-electron chi connectivity index (χ0n) is 14.7. The van der Waals surface area contributed by atoms with Crippen molar-refractivity contribution in [3.63, 3.8) is 0 Å². The Morgan fingerprint density at radius 1 is 1.18 bits per heavy atom. The van der Waals surface area contributed by atoms with Crippen molar-refractivity contribution < 1.29 is 32.6 Å². The van der Waals surface area contributed by atoms with Gasteiger partial charge in [0, 0.05) is 31.0 Å². The fourth-order valence-electron chi connectivity index (χ4n) is 3.05. The van der Waals surface area contributed by atoms with E-state index in [0.29, 0.717) is 31.7 Å². The first-order valence-electron chi connectivity index (χ1n) is 8.59. The van der Waals surface area contributed by atoms with Crippen LogP contribution in [0.1, 0.15) is 28.9 Å². The third kappa shape index (κ3) is 4.50. The first kappa shape index (κ1) is 19.9. The Kier molecular flexibility index (Phi) is 5.68. The topological polar surface area (TPSA) is 84.7 Å². The average Bonchev–Trinajstić information content (AvgIpc) is 3.17. The zero-order valence-corrected chi connectivity index (χ0v) is 14.7. The van der Waals surface area contributed by atoms with E-state index < -0.39 is 30.3 Å². The molecular formula is C18H18F3N3O4. The number of rotatable bonds is 5. The number of benzene rings is 1. The van der Waals surface area contributed by atoms with Crippen LogP contribution in [-0.2, 0) is 15.7 Å². The number of halogens is 3. The van der Waals surface area contributed by atoms with Crippen LogP contribution in [-0.4, -0.2) is 57.5 Å². The predicted molar refractivity (Wildman–Crippen MR) is 91.1 cm³/mol. The molecule has 1 aromatic heterocycles. The molecule has 0 bridgehead atoms. The summed E-state index contributed by atoms with van der Waals surface area (Å²) in [5.41, 5.74) is -0.414. The fourth-order valence-corrected chi connectivity index (χ4v) is 3.05. The van der Waals surface area contributed by atoms with E-state index in [-0.39, 0.29) is 11.6 Å². The van der Waals surface area contributed by atoms with Gasteiger partial charge in [0.25, 0.3) is 5.91 Å². The number of amides is 1. The molecule has 1 aliphatic rings. The minimum atomic E-state index is -4.54. The molecule has 1 N–H and O–H groups in total. The summed E-state index contributed by atoms with van der Waals surface area (Å²) in [7, 11) is 0. The molecule has 1 amide bonds. The van der Waals surface area contributed by atoms with E-state index in [9.17, 15) is 22.8 Å². The highest BCUT2D eigenvalue weighted by molar-refractivity contribution is 5.96. The highest BCUT2D eigenvalue weighted by Gasteiger charge is 2.33. The van der Waals surface area contributed by atoms with Crippen molar-refractivity contribution in [1.82, 2.24) is 14.7 Å². The first-order valence-corrected chi connectivity index (χ1v) is 8.59. The minimum absolute atomic E-state index is 0.238. The van der Waals surface area contributed by atoms with Gasteiger partial charge in [-0.1, -0.05) is 0 Å². The molecular weight excluding hydrogens is 379 g/mol. The van der Waals surface area contributed by atoms with Crippen LogP contribution in [0.15, 0.2) is 36.5 Å². The van der Waals surface area contributed by atoms with E-state index in [1.165, 1.54) is 35.4 Å². The second-order valence-corrected chi connectivity index (χ2v) is 6.36. The molecule has 0 unspecified atom stereocenters. The number of alkyl halides is 3. The van der Waals surface area contributed by atoms with Crippen LogP contribution in [0.4, 0.5) is 13.2 Å². The normalized spacial score (nSPS) is 15.4. The Bertz CT molecular complexity index is 843. The molecule has 1 saturated heterocycles. The SMILES string of the molecule is O=C(O)CN(C(=O)c1ccc(-n2ccc(C(F)(F)F)n2)cc1)C1CCOCC1. The highest BCUT2D eigenvalue weighted by Crippen LogP contribution is 2.28. The largest absolute Gasteiger partial charge is 0.480 e. The molecule has 1 aliphatic heterocycles. The van der Waals surface area contributed by atoms with Gasteiger partial charge in [0.1, 0.15) is 6.54 Å². The lowest BCUT2D eigenvalue weighted by atomic mass is 10.1. The molecule has 28 heavy (non-hydrogen) atoms. The van der Waals surface area contributed by atoms with Crippen molar-refractivity contribution in [2.24, 2.45) is 0 Å². The van der Waals surface area contributed by atoms with E-state index in [1.54, 1.807) is 0 Å². The van der Waals surface area contributed by atoms with Crippen molar-refractivity contribution in [2.45, 2.75) is 25.1 Å². The molecule has 1 aromatic carbocycles. The van der Waals surface area contributed by atoms with Crippen LogP contribution in [0.3, 0.4) is 0 Å². The molecule has 0 aliphatic carbocycles.